The molecule has 1 aromatic rings. The first-order valence-corrected chi connectivity index (χ1v) is 7.89. The van der Waals surface area contributed by atoms with Crippen molar-refractivity contribution in [1.82, 2.24) is 10.2 Å². The van der Waals surface area contributed by atoms with Gasteiger partial charge in [0, 0.05) is 30.6 Å². The summed E-state index contributed by atoms with van der Waals surface area (Å²) in [4.78, 5) is 25.0. The number of nitrogens with one attached hydrogen (secondary N) is 1. The number of piperidine rings is 1. The minimum atomic E-state index is -0.400. The van der Waals surface area contributed by atoms with Crippen LogP contribution < -0.4 is 5.32 Å². The third-order valence-corrected chi connectivity index (χ3v) is 4.46. The molecule has 2 fully saturated rings. The molecule has 1 aliphatic heterocycles. The van der Waals surface area contributed by atoms with Gasteiger partial charge in [0.25, 0.3) is 5.69 Å². The van der Waals surface area contributed by atoms with Crippen molar-refractivity contribution < 1.29 is 9.72 Å². The third kappa shape index (κ3) is 3.44. The van der Waals surface area contributed by atoms with Crippen molar-refractivity contribution in [2.75, 3.05) is 13.1 Å². The number of non-ortho nitro benzene ring substituents is 1. The van der Waals surface area contributed by atoms with Gasteiger partial charge in [-0.3, -0.25) is 14.9 Å². The summed E-state index contributed by atoms with van der Waals surface area (Å²) in [5, 5.41) is 14.0. The Morgan fingerprint density at radius 2 is 1.82 bits per heavy atom. The highest BCUT2D eigenvalue weighted by Crippen LogP contribution is 2.31. The number of carbonyl (C=O) groups is 1. The molecule has 6 nitrogen and oxygen atoms in total. The van der Waals surface area contributed by atoms with E-state index in [1.165, 1.54) is 12.1 Å². The average Bonchev–Trinajstić information content (AvgIpc) is 3.38. The molecule has 1 N–H and O–H groups in total. The predicted molar refractivity (Wildman–Crippen MR) is 82.3 cm³/mol. The molecular formula is C16H21N3O3. The molecule has 22 heavy (non-hydrogen) atoms. The van der Waals surface area contributed by atoms with Gasteiger partial charge in [0.05, 0.1) is 4.92 Å². The summed E-state index contributed by atoms with van der Waals surface area (Å²) in [6.07, 6.45) is 3.96. The lowest BCUT2D eigenvalue weighted by Crippen LogP contribution is -2.41. The Morgan fingerprint density at radius 3 is 2.36 bits per heavy atom. The van der Waals surface area contributed by atoms with Gasteiger partial charge in [0.1, 0.15) is 0 Å². The first-order valence-electron chi connectivity index (χ1n) is 7.89. The van der Waals surface area contributed by atoms with Gasteiger partial charge in [0.2, 0.25) is 5.91 Å². The van der Waals surface area contributed by atoms with Gasteiger partial charge in [-0.1, -0.05) is 12.1 Å². The summed E-state index contributed by atoms with van der Waals surface area (Å²) >= 11 is 0. The number of amides is 1. The average molecular weight is 303 g/mol. The van der Waals surface area contributed by atoms with Crippen LogP contribution in [-0.2, 0) is 11.3 Å². The summed E-state index contributed by atoms with van der Waals surface area (Å²) < 4.78 is 0. The highest BCUT2D eigenvalue weighted by atomic mass is 16.6. The molecule has 1 saturated carbocycles. The second-order valence-corrected chi connectivity index (χ2v) is 6.15. The Morgan fingerprint density at radius 1 is 1.18 bits per heavy atom. The van der Waals surface area contributed by atoms with Crippen LogP contribution in [0.2, 0.25) is 0 Å². The SMILES string of the molecule is O=C(C1CCNCC1)N(Cc1ccc([N+](=O)[O-])cc1)C1CC1. The number of nitrogens with zero attached hydrogens (tertiary/aromatic N) is 2. The molecular weight excluding hydrogens is 282 g/mol. The molecule has 6 heteroatoms. The van der Waals surface area contributed by atoms with E-state index in [1.807, 2.05) is 4.90 Å². The van der Waals surface area contributed by atoms with Crippen molar-refractivity contribution in [3.63, 3.8) is 0 Å². The zero-order valence-electron chi connectivity index (χ0n) is 12.5. The fourth-order valence-corrected chi connectivity index (χ4v) is 3.00. The van der Waals surface area contributed by atoms with Crippen LogP contribution in [0.5, 0.6) is 0 Å². The second-order valence-electron chi connectivity index (χ2n) is 6.15. The molecule has 0 aromatic heterocycles. The molecule has 0 bridgehead atoms. The van der Waals surface area contributed by atoms with Crippen LogP contribution in [0, 0.1) is 16.0 Å². The van der Waals surface area contributed by atoms with E-state index in [0.29, 0.717) is 12.6 Å². The van der Waals surface area contributed by atoms with Crippen molar-refractivity contribution >= 4 is 11.6 Å². The molecule has 0 radical (unpaired) electrons. The van der Waals surface area contributed by atoms with Crippen molar-refractivity contribution in [1.29, 1.82) is 0 Å². The molecule has 3 rings (SSSR count). The van der Waals surface area contributed by atoms with E-state index < -0.39 is 4.92 Å². The number of benzene rings is 1. The summed E-state index contributed by atoms with van der Waals surface area (Å²) in [6.45, 7) is 2.38. The highest BCUT2D eigenvalue weighted by Gasteiger charge is 2.36. The lowest BCUT2D eigenvalue weighted by molar-refractivity contribution is -0.384. The number of nitro groups is 1. The standard InChI is InChI=1S/C16H21N3O3/c20-16(13-7-9-17-10-8-13)18(14-5-6-14)11-12-1-3-15(4-2-12)19(21)22/h1-4,13-14,17H,5-11H2. The Hall–Kier alpha value is -1.95. The number of hydrogen-bond acceptors (Lipinski definition) is 4. The van der Waals surface area contributed by atoms with E-state index in [-0.39, 0.29) is 17.5 Å². The van der Waals surface area contributed by atoms with E-state index in [0.717, 1.165) is 44.3 Å². The maximum absolute atomic E-state index is 12.7. The van der Waals surface area contributed by atoms with E-state index in [9.17, 15) is 14.9 Å². The van der Waals surface area contributed by atoms with Gasteiger partial charge in [-0.15, -0.1) is 0 Å². The lowest BCUT2D eigenvalue weighted by atomic mass is 9.96. The summed E-state index contributed by atoms with van der Waals surface area (Å²) in [6, 6.07) is 6.88. The fourth-order valence-electron chi connectivity index (χ4n) is 3.00. The van der Waals surface area contributed by atoms with E-state index in [2.05, 4.69) is 5.32 Å². The Labute approximate surface area is 129 Å². The van der Waals surface area contributed by atoms with Gasteiger partial charge >= 0.3 is 0 Å². The Balaban J connectivity index is 1.68. The maximum Gasteiger partial charge on any atom is 0.269 e. The van der Waals surface area contributed by atoms with Crippen molar-refractivity contribution in [2.24, 2.45) is 5.92 Å². The molecule has 1 aromatic carbocycles. The summed E-state index contributed by atoms with van der Waals surface area (Å²) in [5.41, 5.74) is 1.05. The molecule has 2 aliphatic rings. The molecule has 118 valence electrons. The fraction of sp³-hybridized carbons (Fsp3) is 0.562. The smallest absolute Gasteiger partial charge is 0.269 e. The molecule has 0 spiro atoms. The molecule has 0 atom stereocenters. The van der Waals surface area contributed by atoms with Crippen molar-refractivity contribution in [3.8, 4) is 0 Å². The topological polar surface area (TPSA) is 75.5 Å². The van der Waals surface area contributed by atoms with E-state index in [1.54, 1.807) is 12.1 Å². The van der Waals surface area contributed by atoms with Crippen molar-refractivity contribution in [3.05, 3.63) is 39.9 Å². The molecule has 1 aliphatic carbocycles. The number of rotatable bonds is 5. The first-order chi connectivity index (χ1) is 10.6. The number of carbonyl (C=O) groups excluding carboxylic acids is 1. The zero-order valence-corrected chi connectivity index (χ0v) is 12.5. The van der Waals surface area contributed by atoms with Crippen LogP contribution in [-0.4, -0.2) is 34.9 Å². The summed E-state index contributed by atoms with van der Waals surface area (Å²) in [7, 11) is 0. The minimum absolute atomic E-state index is 0.0893. The van der Waals surface area contributed by atoms with Gasteiger partial charge < -0.3 is 10.2 Å². The number of hydrogen-bond donors (Lipinski definition) is 1. The second kappa shape index (κ2) is 6.44. The lowest BCUT2D eigenvalue weighted by Gasteiger charge is -2.30. The number of nitro benzene ring substituents is 1. The van der Waals surface area contributed by atoms with E-state index in [4.69, 9.17) is 0 Å². The Kier molecular flexibility index (Phi) is 4.38. The first kappa shape index (κ1) is 15.0. The molecule has 1 saturated heterocycles. The van der Waals surface area contributed by atoms with Gasteiger partial charge in [-0.05, 0) is 44.3 Å². The zero-order chi connectivity index (χ0) is 15.5. The highest BCUT2D eigenvalue weighted by molar-refractivity contribution is 5.79. The summed E-state index contributed by atoms with van der Waals surface area (Å²) in [5.74, 6) is 0.377. The van der Waals surface area contributed by atoms with Crippen LogP contribution in [0.15, 0.2) is 24.3 Å². The predicted octanol–water partition coefficient (Wildman–Crippen LogP) is 2.09. The van der Waals surface area contributed by atoms with Crippen LogP contribution in [0.1, 0.15) is 31.2 Å². The van der Waals surface area contributed by atoms with E-state index >= 15 is 0 Å². The monoisotopic (exact) mass is 303 g/mol. The van der Waals surface area contributed by atoms with Gasteiger partial charge in [0.15, 0.2) is 0 Å². The quantitative estimate of drug-likeness (QED) is 0.667. The molecule has 1 amide bonds. The van der Waals surface area contributed by atoms with Crippen LogP contribution >= 0.6 is 0 Å². The Bertz CT molecular complexity index is 548. The molecule has 1 heterocycles. The normalized spacial score (nSPS) is 18.9. The minimum Gasteiger partial charge on any atom is -0.335 e. The van der Waals surface area contributed by atoms with Crippen LogP contribution in [0.3, 0.4) is 0 Å². The third-order valence-electron chi connectivity index (χ3n) is 4.46. The van der Waals surface area contributed by atoms with Crippen LogP contribution in [0.25, 0.3) is 0 Å². The van der Waals surface area contributed by atoms with Gasteiger partial charge in [-0.25, -0.2) is 0 Å². The molecule has 0 unspecified atom stereocenters. The maximum atomic E-state index is 12.7. The van der Waals surface area contributed by atoms with Crippen molar-refractivity contribution in [2.45, 2.75) is 38.3 Å². The van der Waals surface area contributed by atoms with Gasteiger partial charge in [-0.2, -0.15) is 0 Å². The van der Waals surface area contributed by atoms with Crippen LogP contribution in [0.4, 0.5) is 5.69 Å². The largest absolute Gasteiger partial charge is 0.335 e.